The quantitative estimate of drug-likeness (QED) is 0.0609. The molecule has 2 heterocycles. The van der Waals surface area contributed by atoms with Crippen molar-refractivity contribution in [2.45, 2.75) is 153 Å². The molecule has 4 aliphatic carbocycles. The number of aliphatic imine (C=N–C) groups is 1. The Hall–Kier alpha value is -3.94. The number of carboxylic acid groups (broad SMARTS) is 1. The minimum absolute atomic E-state index is 0.0556. The molecule has 1 aliphatic heterocycles. The second-order valence-electron chi connectivity index (χ2n) is 16.9. The summed E-state index contributed by atoms with van der Waals surface area (Å²) in [5.74, 6) is -0.874. The summed E-state index contributed by atoms with van der Waals surface area (Å²) in [6.45, 7) is 6.45. The molecular formula is C40H58N4O10. The lowest BCUT2D eigenvalue weighted by atomic mass is 9.44. The predicted octanol–water partition coefficient (Wildman–Crippen LogP) is 4.31. The maximum Gasteiger partial charge on any atom is 0.335 e. The first kappa shape index (κ1) is 39.7. The van der Waals surface area contributed by atoms with Gasteiger partial charge in [0.1, 0.15) is 30.0 Å². The van der Waals surface area contributed by atoms with Gasteiger partial charge in [0.05, 0.1) is 6.26 Å². The number of carbonyl (C=O) groups excluding carboxylic acids is 3. The molecule has 1 spiro atoms. The molecule has 5 aliphatic rings. The van der Waals surface area contributed by atoms with Crippen LogP contribution < -0.4 is 22.4 Å². The molecular weight excluding hydrogens is 696 g/mol. The summed E-state index contributed by atoms with van der Waals surface area (Å²) < 4.78 is 24.1. The highest BCUT2D eigenvalue weighted by Gasteiger charge is 2.84. The van der Waals surface area contributed by atoms with Crippen LogP contribution in [-0.4, -0.2) is 71.4 Å². The third-order valence-corrected chi connectivity index (χ3v) is 13.9. The lowest BCUT2D eigenvalue weighted by Crippen LogP contribution is -2.58. The second-order valence-corrected chi connectivity index (χ2v) is 16.9. The van der Waals surface area contributed by atoms with Gasteiger partial charge in [-0.3, -0.25) is 19.4 Å². The zero-order valence-corrected chi connectivity index (χ0v) is 31.9. The average molecular weight is 755 g/mol. The molecule has 6 rings (SSSR count). The monoisotopic (exact) mass is 754 g/mol. The topological polar surface area (TPSA) is 226 Å². The van der Waals surface area contributed by atoms with Gasteiger partial charge in [-0.05, 0) is 105 Å². The smallest absolute Gasteiger partial charge is 0.335 e. The van der Waals surface area contributed by atoms with Crippen LogP contribution >= 0.6 is 0 Å². The number of nitrogens with two attached hydrogens (primary N) is 2. The van der Waals surface area contributed by atoms with Gasteiger partial charge in [-0.1, -0.05) is 26.7 Å². The fourth-order valence-electron chi connectivity index (χ4n) is 11.4. The molecule has 0 radical (unpaired) electrons. The molecule has 1 aromatic rings. The molecule has 0 aromatic carbocycles. The minimum atomic E-state index is -1.09. The number of hydrogen-bond acceptors (Lipinski definition) is 10. The van der Waals surface area contributed by atoms with Crippen molar-refractivity contribution in [2.75, 3.05) is 6.54 Å². The van der Waals surface area contributed by atoms with Crippen molar-refractivity contribution >= 4 is 29.8 Å². The average Bonchev–Trinajstić information content (AvgIpc) is 3.82. The number of nitrogens with one attached hydrogen (secondary N) is 1. The Morgan fingerprint density at radius 2 is 1.74 bits per heavy atom. The molecule has 0 bridgehead atoms. The van der Waals surface area contributed by atoms with Gasteiger partial charge in [0.2, 0.25) is 5.91 Å². The first-order valence-electron chi connectivity index (χ1n) is 19.9. The number of unbranched alkanes of at least 4 members (excludes halogenated alkanes) is 3. The fraction of sp³-hybridized carbons (Fsp3) is 0.750. The van der Waals surface area contributed by atoms with Gasteiger partial charge in [-0.25, -0.2) is 9.59 Å². The molecule has 6 N–H and O–H groups in total. The number of rotatable bonds is 16. The van der Waals surface area contributed by atoms with E-state index >= 15 is 0 Å². The van der Waals surface area contributed by atoms with Gasteiger partial charge in [0, 0.05) is 43.7 Å². The Bertz CT molecular complexity index is 1640. The van der Waals surface area contributed by atoms with E-state index in [4.69, 9.17) is 30.1 Å². The summed E-state index contributed by atoms with van der Waals surface area (Å²) in [5, 5.41) is 12.0. The number of esters is 2. The van der Waals surface area contributed by atoms with E-state index in [9.17, 15) is 29.1 Å². The van der Waals surface area contributed by atoms with Crippen molar-refractivity contribution in [3.8, 4) is 0 Å². The lowest BCUT2D eigenvalue weighted by Gasteiger charge is -2.61. The zero-order valence-electron chi connectivity index (χ0n) is 31.9. The number of guanidine groups is 1. The van der Waals surface area contributed by atoms with Crippen LogP contribution in [0.5, 0.6) is 0 Å². The van der Waals surface area contributed by atoms with Crippen molar-refractivity contribution in [3.63, 3.8) is 0 Å². The van der Waals surface area contributed by atoms with Gasteiger partial charge in [-0.2, -0.15) is 0 Å². The molecule has 5 fully saturated rings. The number of aliphatic carboxylic acids is 1. The van der Waals surface area contributed by atoms with E-state index < -0.39 is 29.3 Å². The molecule has 1 amide bonds. The minimum Gasteiger partial charge on any atom is -0.480 e. The van der Waals surface area contributed by atoms with Crippen LogP contribution in [0.1, 0.15) is 129 Å². The zero-order chi connectivity index (χ0) is 38.8. The van der Waals surface area contributed by atoms with Crippen molar-refractivity contribution in [1.29, 1.82) is 0 Å². The number of hydrogen-bond donors (Lipinski definition) is 4. The van der Waals surface area contributed by atoms with E-state index in [0.29, 0.717) is 50.0 Å². The predicted molar refractivity (Wildman–Crippen MR) is 197 cm³/mol. The largest absolute Gasteiger partial charge is 0.480 e. The Labute approximate surface area is 316 Å². The number of fused-ring (bicyclic) bond motifs is 3. The van der Waals surface area contributed by atoms with Crippen LogP contribution in [0.15, 0.2) is 32.6 Å². The summed E-state index contributed by atoms with van der Waals surface area (Å²) in [7, 11) is 0. The number of carboxylic acids is 1. The molecule has 0 unspecified atom stereocenters. The Balaban J connectivity index is 0.952. The van der Waals surface area contributed by atoms with Gasteiger partial charge in [0.15, 0.2) is 5.96 Å². The van der Waals surface area contributed by atoms with E-state index in [1.807, 2.05) is 6.07 Å². The van der Waals surface area contributed by atoms with Crippen LogP contribution in [-0.2, 0) is 33.4 Å². The summed E-state index contributed by atoms with van der Waals surface area (Å²) in [4.78, 5) is 64.7. The molecule has 298 valence electrons. The number of epoxide rings is 1. The summed E-state index contributed by atoms with van der Waals surface area (Å²) in [5.41, 5.74) is 10.5. The van der Waals surface area contributed by atoms with Crippen LogP contribution in [0, 0.1) is 28.6 Å². The lowest BCUT2D eigenvalue weighted by molar-refractivity contribution is -0.168. The highest BCUT2D eigenvalue weighted by atomic mass is 16.7. The third kappa shape index (κ3) is 7.77. The number of ether oxygens (including phenoxy) is 3. The van der Waals surface area contributed by atoms with Gasteiger partial charge in [-0.15, -0.1) is 0 Å². The van der Waals surface area contributed by atoms with E-state index in [-0.39, 0.29) is 65.6 Å². The number of amides is 1. The fourth-order valence-corrected chi connectivity index (χ4v) is 11.4. The summed E-state index contributed by atoms with van der Waals surface area (Å²) in [6.07, 6.45) is 11.5. The highest BCUT2D eigenvalue weighted by Crippen LogP contribution is 2.78. The van der Waals surface area contributed by atoms with E-state index in [2.05, 4.69) is 24.2 Å². The molecule has 14 heteroatoms. The highest BCUT2D eigenvalue weighted by molar-refractivity contribution is 5.83. The van der Waals surface area contributed by atoms with Gasteiger partial charge < -0.3 is 40.5 Å². The molecule has 1 saturated heterocycles. The molecule has 11 atom stereocenters. The maximum absolute atomic E-state index is 12.9. The van der Waals surface area contributed by atoms with Crippen molar-refractivity contribution in [2.24, 2.45) is 45.0 Å². The number of carbonyl (C=O) groups is 4. The van der Waals surface area contributed by atoms with Crippen molar-refractivity contribution in [1.82, 2.24) is 5.32 Å². The Morgan fingerprint density at radius 3 is 2.43 bits per heavy atom. The summed E-state index contributed by atoms with van der Waals surface area (Å²) >= 11 is 0. The Kier molecular flexibility index (Phi) is 11.8. The molecule has 1 aromatic heterocycles. The third-order valence-electron chi connectivity index (χ3n) is 13.9. The van der Waals surface area contributed by atoms with Crippen molar-refractivity contribution < 1.29 is 42.9 Å². The second kappa shape index (κ2) is 16.0. The first-order chi connectivity index (χ1) is 25.7. The van der Waals surface area contributed by atoms with Crippen molar-refractivity contribution in [3.05, 3.63) is 34.4 Å². The molecule has 14 nitrogen and oxygen atoms in total. The van der Waals surface area contributed by atoms with Crippen LogP contribution in [0.3, 0.4) is 0 Å². The maximum atomic E-state index is 12.9. The SMILES string of the molecule is CC(=O)O[C@@H]1[C@@H](c2ccc(=O)oc2)[C@@]2(C)CC[C@H]3[C@@H](CC[C@@H]4C[C@H](OC(=O)CCCCCCC(=O)N[C@@H](CCCN=C(N)N)C(=O)O)CC[C@@]43C)[C@@]23O[C@@H]13. The number of nitrogens with zero attached hydrogens (tertiary/aromatic N) is 1. The standard InChI is InChI=1S/C40H58N4O10/c1-23(45)52-34-33(24-12-15-31(47)51-22-24)39(3)19-17-27-28(40(39)35(34)54-40)14-13-25-21-26(16-18-38(25,27)2)53-32(48)11-7-5-4-6-10-30(46)44-29(36(49)50)9-8-20-43-37(41)42/h12,15,22,25-29,33-35H,4-11,13-14,16-21H2,1-3H3,(H,44,46)(H,49,50)(H4,41,42,43)/t25-,26-,27+,28-,29+,33-,34-,35+,38+,39-,40+/m1/s1. The first-order valence-corrected chi connectivity index (χ1v) is 19.9. The Morgan fingerprint density at radius 1 is 0.981 bits per heavy atom. The van der Waals surface area contributed by atoms with Crippen LogP contribution in [0.4, 0.5) is 0 Å². The van der Waals surface area contributed by atoms with Crippen LogP contribution in [0.2, 0.25) is 0 Å². The molecule has 54 heavy (non-hydrogen) atoms. The summed E-state index contributed by atoms with van der Waals surface area (Å²) in [6, 6.07) is 2.27. The van der Waals surface area contributed by atoms with E-state index in [1.165, 1.54) is 19.3 Å². The molecule has 4 saturated carbocycles. The van der Waals surface area contributed by atoms with Gasteiger partial charge in [0.25, 0.3) is 0 Å². The van der Waals surface area contributed by atoms with E-state index in [1.54, 1.807) is 0 Å². The normalized spacial score (nSPS) is 35.2. The van der Waals surface area contributed by atoms with Gasteiger partial charge >= 0.3 is 23.5 Å². The van der Waals surface area contributed by atoms with E-state index in [0.717, 1.165) is 63.4 Å². The van der Waals surface area contributed by atoms with Crippen LogP contribution in [0.25, 0.3) is 0 Å².